The Labute approximate surface area is 64.4 Å². The van der Waals surface area contributed by atoms with E-state index in [1.54, 1.807) is 0 Å². The molecular weight excluding hydrogens is 163 g/mol. The van der Waals surface area contributed by atoms with Crippen LogP contribution in [0.2, 0.25) is 0 Å². The molecule has 0 unspecified atom stereocenters. The fraction of sp³-hybridized carbons (Fsp3) is 0.333. The average molecular weight is 173 g/mol. The van der Waals surface area contributed by atoms with Crippen LogP contribution in [-0.4, -0.2) is 0 Å². The molecular formula is C6H10Zr. The molecule has 0 spiro atoms. The van der Waals surface area contributed by atoms with E-state index in [4.69, 9.17) is 0 Å². The van der Waals surface area contributed by atoms with E-state index in [2.05, 4.69) is 0 Å². The van der Waals surface area contributed by atoms with Crippen molar-refractivity contribution in [1.82, 2.24) is 0 Å². The van der Waals surface area contributed by atoms with Crippen molar-refractivity contribution in [2.45, 2.75) is 13.8 Å². The molecule has 0 aromatic rings. The minimum absolute atomic E-state index is 0. The summed E-state index contributed by atoms with van der Waals surface area (Å²) in [5, 5.41) is 0. The molecule has 38 valence electrons. The zero-order chi connectivity index (χ0) is 4.83. The van der Waals surface area contributed by atoms with Gasteiger partial charge in [0.05, 0.1) is 0 Å². The third-order valence-electron chi connectivity index (χ3n) is 0.496. The van der Waals surface area contributed by atoms with E-state index in [9.17, 15) is 0 Å². The van der Waals surface area contributed by atoms with Crippen LogP contribution in [0, 0.1) is 0 Å². The van der Waals surface area contributed by atoms with Crippen LogP contribution in [0.1, 0.15) is 13.8 Å². The molecule has 0 heterocycles. The van der Waals surface area contributed by atoms with Crippen molar-refractivity contribution in [2.24, 2.45) is 0 Å². The largest absolute Gasteiger partial charge is 0.0877 e. The van der Waals surface area contributed by atoms with Crippen LogP contribution in [-0.2, 0) is 26.2 Å². The summed E-state index contributed by atoms with van der Waals surface area (Å²) in [6.07, 6.45) is 8.00. The van der Waals surface area contributed by atoms with Crippen molar-refractivity contribution in [3.8, 4) is 0 Å². The van der Waals surface area contributed by atoms with Gasteiger partial charge in [-0.25, -0.2) is 0 Å². The van der Waals surface area contributed by atoms with Crippen molar-refractivity contribution in [3.05, 3.63) is 24.3 Å². The van der Waals surface area contributed by atoms with Crippen molar-refractivity contribution in [2.75, 3.05) is 0 Å². The van der Waals surface area contributed by atoms with E-state index in [-0.39, 0.29) is 26.2 Å². The molecule has 0 amide bonds. The van der Waals surface area contributed by atoms with Gasteiger partial charge in [-0.15, -0.1) is 0 Å². The molecule has 0 N–H and O–H groups in total. The molecule has 0 bridgehead atoms. The van der Waals surface area contributed by atoms with Gasteiger partial charge < -0.3 is 0 Å². The number of rotatable bonds is 1. The fourth-order valence-corrected chi connectivity index (χ4v) is 0.222. The first-order valence-electron chi connectivity index (χ1n) is 2.15. The SMILES string of the molecule is CC=CC=CC.[Zr]. The zero-order valence-electron chi connectivity index (χ0n) is 4.81. The molecule has 0 saturated carbocycles. The average Bonchev–Trinajstić information content (AvgIpc) is 1.61. The minimum Gasteiger partial charge on any atom is -0.0877 e. The van der Waals surface area contributed by atoms with Crippen molar-refractivity contribution >= 4 is 0 Å². The normalized spacial score (nSPS) is 10.0. The summed E-state index contributed by atoms with van der Waals surface area (Å²) < 4.78 is 0. The van der Waals surface area contributed by atoms with Gasteiger partial charge in [-0.1, -0.05) is 24.3 Å². The summed E-state index contributed by atoms with van der Waals surface area (Å²) in [5.41, 5.74) is 0. The van der Waals surface area contributed by atoms with Gasteiger partial charge in [0, 0.05) is 26.2 Å². The van der Waals surface area contributed by atoms with E-state index in [1.165, 1.54) is 0 Å². The summed E-state index contributed by atoms with van der Waals surface area (Å²) in [5.74, 6) is 0. The Hall–Kier alpha value is 0.363. The second-order valence-electron chi connectivity index (χ2n) is 1.05. The first-order chi connectivity index (χ1) is 2.91. The van der Waals surface area contributed by atoms with Gasteiger partial charge in [0.25, 0.3) is 0 Å². The second-order valence-corrected chi connectivity index (χ2v) is 1.05. The van der Waals surface area contributed by atoms with Gasteiger partial charge in [0.15, 0.2) is 0 Å². The van der Waals surface area contributed by atoms with Crippen molar-refractivity contribution in [3.63, 3.8) is 0 Å². The minimum atomic E-state index is 0. The number of hydrogen-bond donors (Lipinski definition) is 0. The molecule has 0 aliphatic heterocycles. The van der Waals surface area contributed by atoms with Crippen LogP contribution in [0.5, 0.6) is 0 Å². The molecule has 0 fully saturated rings. The molecule has 1 heteroatoms. The standard InChI is InChI=1S/C6H10.Zr/c1-3-5-6-4-2;/h3-6H,1-2H3;. The van der Waals surface area contributed by atoms with Crippen LogP contribution in [0.15, 0.2) is 24.3 Å². The second kappa shape index (κ2) is 9.61. The van der Waals surface area contributed by atoms with E-state index >= 15 is 0 Å². The first-order valence-corrected chi connectivity index (χ1v) is 2.15. The van der Waals surface area contributed by atoms with E-state index < -0.39 is 0 Å². The van der Waals surface area contributed by atoms with Crippen LogP contribution in [0.3, 0.4) is 0 Å². The van der Waals surface area contributed by atoms with Gasteiger partial charge in [-0.3, -0.25) is 0 Å². The first kappa shape index (κ1) is 10.4. The van der Waals surface area contributed by atoms with Crippen LogP contribution in [0.25, 0.3) is 0 Å². The van der Waals surface area contributed by atoms with Crippen molar-refractivity contribution < 1.29 is 26.2 Å². The molecule has 0 aliphatic rings. The van der Waals surface area contributed by atoms with Crippen LogP contribution < -0.4 is 0 Å². The van der Waals surface area contributed by atoms with E-state index in [0.29, 0.717) is 0 Å². The molecule has 0 aromatic carbocycles. The maximum absolute atomic E-state index is 2.00. The molecule has 0 aliphatic carbocycles. The molecule has 0 nitrogen and oxygen atoms in total. The van der Waals surface area contributed by atoms with Gasteiger partial charge in [0.1, 0.15) is 0 Å². The molecule has 0 atom stereocenters. The van der Waals surface area contributed by atoms with Gasteiger partial charge in [-0.2, -0.15) is 0 Å². The Balaban J connectivity index is 0. The van der Waals surface area contributed by atoms with E-state index in [0.717, 1.165) is 0 Å². The summed E-state index contributed by atoms with van der Waals surface area (Å²) in [4.78, 5) is 0. The Morgan fingerprint density at radius 1 is 0.857 bits per heavy atom. The maximum atomic E-state index is 2.00. The van der Waals surface area contributed by atoms with Crippen LogP contribution in [0.4, 0.5) is 0 Å². The van der Waals surface area contributed by atoms with Crippen molar-refractivity contribution in [1.29, 1.82) is 0 Å². The van der Waals surface area contributed by atoms with E-state index in [1.807, 2.05) is 38.2 Å². The Bertz CT molecular complexity index is 52.6. The van der Waals surface area contributed by atoms with Gasteiger partial charge >= 0.3 is 0 Å². The number of allylic oxidation sites excluding steroid dienone is 4. The topological polar surface area (TPSA) is 0 Å². The predicted octanol–water partition coefficient (Wildman–Crippen LogP) is 2.14. The Morgan fingerprint density at radius 3 is 1.29 bits per heavy atom. The summed E-state index contributed by atoms with van der Waals surface area (Å²) >= 11 is 0. The summed E-state index contributed by atoms with van der Waals surface area (Å²) in [6.45, 7) is 4.00. The van der Waals surface area contributed by atoms with Gasteiger partial charge in [-0.05, 0) is 13.8 Å². The van der Waals surface area contributed by atoms with Gasteiger partial charge in [0.2, 0.25) is 0 Å². The van der Waals surface area contributed by atoms with Crippen LogP contribution >= 0.6 is 0 Å². The molecule has 0 saturated heterocycles. The summed E-state index contributed by atoms with van der Waals surface area (Å²) in [7, 11) is 0. The molecule has 0 radical (unpaired) electrons. The Morgan fingerprint density at radius 2 is 1.14 bits per heavy atom. The zero-order valence-corrected chi connectivity index (χ0v) is 7.27. The monoisotopic (exact) mass is 172 g/mol. The summed E-state index contributed by atoms with van der Waals surface area (Å²) in [6, 6.07) is 0. The third kappa shape index (κ3) is 10.7. The molecule has 0 rings (SSSR count). The smallest absolute Gasteiger partial charge is 0 e. The Kier molecular flexibility index (Phi) is 14.2. The quantitative estimate of drug-likeness (QED) is 0.533. The number of hydrogen-bond acceptors (Lipinski definition) is 0. The predicted molar refractivity (Wildman–Crippen MR) is 29.6 cm³/mol. The maximum Gasteiger partial charge on any atom is 0 e. The fourth-order valence-electron chi connectivity index (χ4n) is 0.222. The third-order valence-corrected chi connectivity index (χ3v) is 0.496. The molecule has 0 aromatic heterocycles. The molecule has 7 heavy (non-hydrogen) atoms.